The number of rotatable bonds is 2. The molecule has 0 aliphatic rings. The van der Waals surface area contributed by atoms with Gasteiger partial charge in [-0.1, -0.05) is 18.2 Å². The predicted molar refractivity (Wildman–Crippen MR) is 91.7 cm³/mol. The van der Waals surface area contributed by atoms with E-state index in [4.69, 9.17) is 0 Å². The molecule has 0 radical (unpaired) electrons. The average molecular weight is 390 g/mol. The monoisotopic (exact) mass is 390 g/mol. The molecule has 1 aromatic heterocycles. The van der Waals surface area contributed by atoms with Crippen molar-refractivity contribution in [2.75, 3.05) is 5.32 Å². The van der Waals surface area contributed by atoms with Gasteiger partial charge in [0.25, 0.3) is 11.5 Å². The molecule has 0 saturated heterocycles. The number of anilines is 1. The van der Waals surface area contributed by atoms with Gasteiger partial charge in [-0.15, -0.1) is 0 Å². The fourth-order valence-corrected chi connectivity index (χ4v) is 2.42. The van der Waals surface area contributed by atoms with Gasteiger partial charge in [0.05, 0.1) is 0 Å². The summed E-state index contributed by atoms with van der Waals surface area (Å²) in [5.41, 5.74) is 0.674. The van der Waals surface area contributed by atoms with Crippen LogP contribution in [0.1, 0.15) is 10.5 Å². The minimum Gasteiger partial charge on any atom is -0.321 e. The first-order chi connectivity index (χ1) is 10.1. The summed E-state index contributed by atoms with van der Waals surface area (Å²) in [5, 5.41) is 4.08. The summed E-state index contributed by atoms with van der Waals surface area (Å²) in [4.78, 5) is 26.8. The highest BCUT2D eigenvalue weighted by Gasteiger charge is 2.09. The summed E-state index contributed by atoms with van der Waals surface area (Å²) in [6.07, 6.45) is 0. The van der Waals surface area contributed by atoms with Gasteiger partial charge in [0.1, 0.15) is 5.69 Å². The van der Waals surface area contributed by atoms with Crippen LogP contribution in [0, 0.1) is 3.57 Å². The lowest BCUT2D eigenvalue weighted by molar-refractivity contribution is 0.102. The van der Waals surface area contributed by atoms with Gasteiger partial charge in [0.15, 0.2) is 0 Å². The summed E-state index contributed by atoms with van der Waals surface area (Å²) >= 11 is 2.20. The minimum atomic E-state index is -0.334. The van der Waals surface area contributed by atoms with Crippen LogP contribution in [0.2, 0.25) is 0 Å². The lowest BCUT2D eigenvalue weighted by Gasteiger charge is -2.06. The van der Waals surface area contributed by atoms with Crippen molar-refractivity contribution in [3.63, 3.8) is 0 Å². The maximum absolute atomic E-state index is 12.2. The first-order valence-electron chi connectivity index (χ1n) is 6.32. The van der Waals surface area contributed by atoms with Crippen molar-refractivity contribution >= 4 is 45.0 Å². The number of amides is 1. The number of nitrogens with one attached hydrogen (secondary N) is 2. The Morgan fingerprint density at radius 1 is 1.05 bits per heavy atom. The second kappa shape index (κ2) is 5.69. The average Bonchev–Trinajstić information content (AvgIpc) is 2.49. The molecule has 4 nitrogen and oxygen atoms in total. The number of halogens is 1. The molecule has 21 heavy (non-hydrogen) atoms. The first kappa shape index (κ1) is 13.8. The van der Waals surface area contributed by atoms with Gasteiger partial charge in [-0.3, -0.25) is 9.59 Å². The van der Waals surface area contributed by atoms with Crippen molar-refractivity contribution < 1.29 is 4.79 Å². The van der Waals surface area contributed by atoms with E-state index in [2.05, 4.69) is 32.9 Å². The molecule has 0 unspecified atom stereocenters. The Balaban J connectivity index is 1.94. The highest BCUT2D eigenvalue weighted by molar-refractivity contribution is 14.1. The molecule has 0 saturated carbocycles. The van der Waals surface area contributed by atoms with E-state index in [9.17, 15) is 9.59 Å². The standard InChI is InChI=1S/C16H11IN2O2/c17-11-5-7-12(8-6-11)18-16(21)14-9-10-3-1-2-4-13(10)15(20)19-14/h1-9H,(H,18,21)(H,19,20). The number of aromatic amines is 1. The number of pyridine rings is 1. The van der Waals surface area contributed by atoms with Gasteiger partial charge in [0.2, 0.25) is 0 Å². The van der Waals surface area contributed by atoms with Crippen molar-refractivity contribution in [1.29, 1.82) is 0 Å². The second-order valence-corrected chi connectivity index (χ2v) is 5.81. The van der Waals surface area contributed by atoms with Crippen molar-refractivity contribution in [3.05, 3.63) is 74.2 Å². The zero-order valence-electron chi connectivity index (χ0n) is 10.9. The third kappa shape index (κ3) is 2.97. The van der Waals surface area contributed by atoms with Crippen molar-refractivity contribution in [3.8, 4) is 0 Å². The summed E-state index contributed by atoms with van der Waals surface area (Å²) < 4.78 is 1.09. The van der Waals surface area contributed by atoms with E-state index in [-0.39, 0.29) is 17.2 Å². The van der Waals surface area contributed by atoms with E-state index < -0.39 is 0 Å². The van der Waals surface area contributed by atoms with E-state index in [0.29, 0.717) is 11.1 Å². The molecule has 5 heteroatoms. The largest absolute Gasteiger partial charge is 0.321 e. The second-order valence-electron chi connectivity index (χ2n) is 4.56. The van der Waals surface area contributed by atoms with Crippen LogP contribution in [0.5, 0.6) is 0 Å². The summed E-state index contributed by atoms with van der Waals surface area (Å²) in [6, 6.07) is 16.3. The molecular formula is C16H11IN2O2. The molecule has 0 atom stereocenters. The summed E-state index contributed by atoms with van der Waals surface area (Å²) in [7, 11) is 0. The molecule has 0 fully saturated rings. The van der Waals surface area contributed by atoms with Crippen LogP contribution in [0.3, 0.4) is 0 Å². The molecule has 0 aliphatic heterocycles. The topological polar surface area (TPSA) is 62.0 Å². The quantitative estimate of drug-likeness (QED) is 0.660. The zero-order valence-corrected chi connectivity index (χ0v) is 13.0. The SMILES string of the molecule is O=C(Nc1ccc(I)cc1)c1cc2ccccc2c(=O)[nH]1. The van der Waals surface area contributed by atoms with Crippen molar-refractivity contribution in [2.24, 2.45) is 0 Å². The Morgan fingerprint density at radius 2 is 1.76 bits per heavy atom. The summed E-state index contributed by atoms with van der Waals surface area (Å²) in [6.45, 7) is 0. The Morgan fingerprint density at radius 3 is 2.52 bits per heavy atom. The smallest absolute Gasteiger partial charge is 0.272 e. The molecular weight excluding hydrogens is 379 g/mol. The molecule has 3 rings (SSSR count). The van der Waals surface area contributed by atoms with Crippen LogP contribution >= 0.6 is 22.6 Å². The van der Waals surface area contributed by atoms with Crippen LogP contribution in [0.4, 0.5) is 5.69 Å². The Labute approximate surface area is 134 Å². The van der Waals surface area contributed by atoms with Gasteiger partial charge in [-0.05, 0) is 64.4 Å². The lowest BCUT2D eigenvalue weighted by atomic mass is 10.1. The molecule has 3 aromatic rings. The molecule has 2 N–H and O–H groups in total. The van der Waals surface area contributed by atoms with E-state index in [0.717, 1.165) is 8.96 Å². The third-order valence-electron chi connectivity index (χ3n) is 3.10. The van der Waals surface area contributed by atoms with E-state index in [1.54, 1.807) is 18.2 Å². The third-order valence-corrected chi connectivity index (χ3v) is 3.82. The number of carbonyl (C=O) groups is 1. The van der Waals surface area contributed by atoms with Crippen LogP contribution in [0.25, 0.3) is 10.8 Å². The molecule has 0 spiro atoms. The van der Waals surface area contributed by atoms with E-state index in [1.807, 2.05) is 36.4 Å². The molecule has 2 aromatic carbocycles. The molecule has 1 amide bonds. The number of carbonyl (C=O) groups excluding carboxylic acids is 1. The molecule has 104 valence electrons. The van der Waals surface area contributed by atoms with Gasteiger partial charge in [-0.2, -0.15) is 0 Å². The van der Waals surface area contributed by atoms with Gasteiger partial charge in [0, 0.05) is 14.6 Å². The highest BCUT2D eigenvalue weighted by Crippen LogP contribution is 2.14. The normalized spacial score (nSPS) is 10.5. The van der Waals surface area contributed by atoms with Crippen LogP contribution in [0.15, 0.2) is 59.4 Å². The Hall–Kier alpha value is -2.15. The number of hydrogen-bond donors (Lipinski definition) is 2. The van der Waals surface area contributed by atoms with Gasteiger partial charge >= 0.3 is 0 Å². The van der Waals surface area contributed by atoms with Crippen LogP contribution < -0.4 is 10.9 Å². The maximum Gasteiger partial charge on any atom is 0.272 e. The summed E-state index contributed by atoms with van der Waals surface area (Å²) in [5.74, 6) is -0.334. The number of H-pyrrole nitrogens is 1. The van der Waals surface area contributed by atoms with Gasteiger partial charge < -0.3 is 10.3 Å². The molecule has 0 bridgehead atoms. The van der Waals surface area contributed by atoms with Crippen LogP contribution in [-0.4, -0.2) is 10.9 Å². The van der Waals surface area contributed by atoms with E-state index in [1.165, 1.54) is 0 Å². The van der Waals surface area contributed by atoms with Crippen molar-refractivity contribution in [1.82, 2.24) is 4.98 Å². The molecule has 1 heterocycles. The number of fused-ring (bicyclic) bond motifs is 1. The maximum atomic E-state index is 12.2. The number of aromatic nitrogens is 1. The van der Waals surface area contributed by atoms with E-state index >= 15 is 0 Å². The van der Waals surface area contributed by atoms with Crippen molar-refractivity contribution in [2.45, 2.75) is 0 Å². The fraction of sp³-hybridized carbons (Fsp3) is 0. The Kier molecular flexibility index (Phi) is 3.74. The predicted octanol–water partition coefficient (Wildman–Crippen LogP) is 3.39. The number of benzene rings is 2. The zero-order chi connectivity index (χ0) is 14.8. The lowest BCUT2D eigenvalue weighted by Crippen LogP contribution is -2.18. The van der Waals surface area contributed by atoms with Crippen LogP contribution in [-0.2, 0) is 0 Å². The van der Waals surface area contributed by atoms with Gasteiger partial charge in [-0.25, -0.2) is 0 Å². The molecule has 0 aliphatic carbocycles. The Bertz CT molecular complexity index is 869. The first-order valence-corrected chi connectivity index (χ1v) is 7.40. The number of hydrogen-bond acceptors (Lipinski definition) is 2. The minimum absolute atomic E-state index is 0.247. The highest BCUT2D eigenvalue weighted by atomic mass is 127. The fourth-order valence-electron chi connectivity index (χ4n) is 2.06.